The highest BCUT2D eigenvalue weighted by Gasteiger charge is 2.54. The Bertz CT molecular complexity index is 767. The number of para-hydroxylation sites is 1. The van der Waals surface area contributed by atoms with E-state index in [9.17, 15) is 15.2 Å². The highest BCUT2D eigenvalue weighted by Crippen LogP contribution is 2.52. The number of hydrogen-bond acceptors (Lipinski definition) is 5. The van der Waals surface area contributed by atoms with E-state index in [1.165, 1.54) is 0 Å². The number of likely N-dealkylation sites (tertiary alicyclic amines) is 1. The van der Waals surface area contributed by atoms with E-state index in [1.807, 2.05) is 45.0 Å². The van der Waals surface area contributed by atoms with Crippen LogP contribution < -0.4 is 4.74 Å². The second kappa shape index (κ2) is 7.63. The number of nitrogens with zero attached hydrogens (tertiary/aromatic N) is 2. The van der Waals surface area contributed by atoms with Gasteiger partial charge >= 0.3 is 6.09 Å². The molecule has 4 atom stereocenters. The zero-order chi connectivity index (χ0) is 20.5. The van der Waals surface area contributed by atoms with E-state index in [0.29, 0.717) is 31.7 Å². The molecule has 0 unspecified atom stereocenters. The number of rotatable bonds is 3. The number of carbonyl (C=O) groups excluding carboxylic acids is 1. The summed E-state index contributed by atoms with van der Waals surface area (Å²) in [4.78, 5) is 14.3. The summed E-state index contributed by atoms with van der Waals surface area (Å²) >= 11 is 0. The van der Waals surface area contributed by atoms with Gasteiger partial charge in [-0.05, 0) is 51.5 Å². The van der Waals surface area contributed by atoms with Gasteiger partial charge in [0.2, 0.25) is 0 Å². The highest BCUT2D eigenvalue weighted by atomic mass is 16.6. The van der Waals surface area contributed by atoms with E-state index < -0.39 is 11.2 Å². The van der Waals surface area contributed by atoms with Crippen LogP contribution >= 0.6 is 0 Å². The monoisotopic (exact) mass is 386 g/mol. The van der Waals surface area contributed by atoms with Crippen molar-refractivity contribution >= 4 is 6.09 Å². The zero-order valence-corrected chi connectivity index (χ0v) is 17.1. The summed E-state index contributed by atoms with van der Waals surface area (Å²) in [5, 5.41) is 21.1. The maximum atomic E-state index is 12.6. The number of aliphatic hydroxyl groups is 1. The Kier molecular flexibility index (Phi) is 5.58. The molecule has 0 spiro atoms. The molecule has 1 aromatic carbocycles. The van der Waals surface area contributed by atoms with Gasteiger partial charge in [0.25, 0.3) is 0 Å². The Morgan fingerprint density at radius 1 is 1.36 bits per heavy atom. The average molecular weight is 386 g/mol. The highest BCUT2D eigenvalue weighted by molar-refractivity contribution is 5.68. The fraction of sp³-hybridized carbons (Fsp3) is 0.636. The second-order valence-electron chi connectivity index (χ2n) is 9.04. The standard InChI is InChI=1S/C22H30N2O4/c1-21(2,3)28-20(25)24-13-16-11-15(9-10-23)12-22(26,18(16)14-24)17-7-5-6-8-19(17)27-4/h5-8,15-16,18,26H,9,11-14H2,1-4H3/t15-,16+,18-,22-/m1/s1. The van der Waals surface area contributed by atoms with Gasteiger partial charge in [-0.15, -0.1) is 0 Å². The number of nitriles is 1. The summed E-state index contributed by atoms with van der Waals surface area (Å²) in [7, 11) is 1.59. The second-order valence-corrected chi connectivity index (χ2v) is 9.04. The molecule has 1 aromatic rings. The number of methoxy groups -OCH3 is 1. The normalized spacial score (nSPS) is 29.7. The Balaban J connectivity index is 1.93. The molecule has 1 N–H and O–H groups in total. The summed E-state index contributed by atoms with van der Waals surface area (Å²) < 4.78 is 11.1. The molecule has 0 aromatic heterocycles. The van der Waals surface area contributed by atoms with Gasteiger partial charge in [-0.25, -0.2) is 4.79 Å². The molecule has 1 heterocycles. The van der Waals surface area contributed by atoms with Crippen LogP contribution in [0.1, 0.15) is 45.6 Å². The Morgan fingerprint density at radius 3 is 2.71 bits per heavy atom. The third-order valence-corrected chi connectivity index (χ3v) is 5.90. The van der Waals surface area contributed by atoms with Crippen molar-refractivity contribution in [2.75, 3.05) is 20.2 Å². The van der Waals surface area contributed by atoms with E-state index >= 15 is 0 Å². The molecule has 1 aliphatic heterocycles. The summed E-state index contributed by atoms with van der Waals surface area (Å²) in [6.45, 7) is 6.53. The lowest BCUT2D eigenvalue weighted by molar-refractivity contribution is -0.0842. The van der Waals surface area contributed by atoms with Gasteiger partial charge in [-0.3, -0.25) is 0 Å². The van der Waals surface area contributed by atoms with Crippen molar-refractivity contribution in [3.8, 4) is 11.8 Å². The van der Waals surface area contributed by atoms with Crippen molar-refractivity contribution in [3.63, 3.8) is 0 Å². The summed E-state index contributed by atoms with van der Waals surface area (Å²) in [5.74, 6) is 0.720. The van der Waals surface area contributed by atoms with Crippen LogP contribution in [0, 0.1) is 29.1 Å². The van der Waals surface area contributed by atoms with Gasteiger partial charge < -0.3 is 19.5 Å². The van der Waals surface area contributed by atoms with Crippen LogP contribution in [0.25, 0.3) is 0 Å². The van der Waals surface area contributed by atoms with Crippen LogP contribution in [0.5, 0.6) is 5.75 Å². The number of fused-ring (bicyclic) bond motifs is 1. The Hall–Kier alpha value is -2.26. The number of carbonyl (C=O) groups is 1. The van der Waals surface area contributed by atoms with Crippen LogP contribution in [0.3, 0.4) is 0 Å². The fourth-order valence-corrected chi connectivity index (χ4v) is 4.83. The Morgan fingerprint density at radius 2 is 2.07 bits per heavy atom. The van der Waals surface area contributed by atoms with Crippen molar-refractivity contribution in [1.82, 2.24) is 4.90 Å². The van der Waals surface area contributed by atoms with Crippen molar-refractivity contribution < 1.29 is 19.4 Å². The zero-order valence-electron chi connectivity index (χ0n) is 17.1. The minimum absolute atomic E-state index is 0.0831. The van der Waals surface area contributed by atoms with Crippen molar-refractivity contribution in [2.45, 2.75) is 51.2 Å². The van der Waals surface area contributed by atoms with Crippen molar-refractivity contribution in [3.05, 3.63) is 29.8 Å². The number of hydrogen-bond donors (Lipinski definition) is 1. The lowest BCUT2D eigenvalue weighted by Crippen LogP contribution is -2.46. The van der Waals surface area contributed by atoms with Crippen LogP contribution in [-0.2, 0) is 10.3 Å². The average Bonchev–Trinajstić information content (AvgIpc) is 3.06. The third-order valence-electron chi connectivity index (χ3n) is 5.90. The molecule has 1 saturated heterocycles. The topological polar surface area (TPSA) is 82.8 Å². The SMILES string of the molecule is COc1ccccc1[C@]1(O)C[C@H](CC#N)C[C@H]2CN(C(=O)OC(C)(C)C)C[C@H]21. The molecule has 1 saturated carbocycles. The molecule has 2 aliphatic rings. The predicted molar refractivity (Wildman–Crippen MR) is 105 cm³/mol. The predicted octanol–water partition coefficient (Wildman–Crippen LogP) is 3.69. The van der Waals surface area contributed by atoms with Gasteiger partial charge in [0.05, 0.1) is 18.8 Å². The van der Waals surface area contributed by atoms with Crippen molar-refractivity contribution in [2.24, 2.45) is 17.8 Å². The molecule has 0 bridgehead atoms. The molecule has 1 aliphatic carbocycles. The molecule has 152 valence electrons. The molecule has 28 heavy (non-hydrogen) atoms. The van der Waals surface area contributed by atoms with Crippen LogP contribution in [0.2, 0.25) is 0 Å². The molecule has 1 amide bonds. The maximum Gasteiger partial charge on any atom is 0.410 e. The van der Waals surface area contributed by atoms with E-state index in [-0.39, 0.29) is 23.8 Å². The summed E-state index contributed by atoms with van der Waals surface area (Å²) in [5.41, 5.74) is -0.970. The molecular weight excluding hydrogens is 356 g/mol. The first-order valence-electron chi connectivity index (χ1n) is 9.88. The summed E-state index contributed by atoms with van der Waals surface area (Å²) in [6.07, 6.45) is 1.37. The number of ether oxygens (including phenoxy) is 2. The van der Waals surface area contributed by atoms with Crippen LogP contribution in [0.15, 0.2) is 24.3 Å². The number of amides is 1. The molecular formula is C22H30N2O4. The van der Waals surface area contributed by atoms with Crippen LogP contribution in [0.4, 0.5) is 4.79 Å². The molecule has 2 fully saturated rings. The van der Waals surface area contributed by atoms with Gasteiger partial charge in [-0.1, -0.05) is 18.2 Å². The van der Waals surface area contributed by atoms with Gasteiger partial charge in [-0.2, -0.15) is 5.26 Å². The van der Waals surface area contributed by atoms with E-state index in [4.69, 9.17) is 9.47 Å². The largest absolute Gasteiger partial charge is 0.496 e. The first kappa shape index (κ1) is 20.5. The van der Waals surface area contributed by atoms with Gasteiger partial charge in [0.15, 0.2) is 0 Å². The van der Waals surface area contributed by atoms with E-state index in [1.54, 1.807) is 12.0 Å². The van der Waals surface area contributed by atoms with E-state index in [2.05, 4.69) is 6.07 Å². The lowest BCUT2D eigenvalue weighted by atomic mass is 9.63. The first-order chi connectivity index (χ1) is 13.2. The molecule has 3 rings (SSSR count). The minimum atomic E-state index is -1.15. The van der Waals surface area contributed by atoms with Gasteiger partial charge in [0.1, 0.15) is 11.4 Å². The van der Waals surface area contributed by atoms with Crippen molar-refractivity contribution in [1.29, 1.82) is 5.26 Å². The first-order valence-corrected chi connectivity index (χ1v) is 9.88. The maximum absolute atomic E-state index is 12.6. The fourth-order valence-electron chi connectivity index (χ4n) is 4.83. The third kappa shape index (κ3) is 3.95. The Labute approximate surface area is 167 Å². The summed E-state index contributed by atoms with van der Waals surface area (Å²) in [6, 6.07) is 9.75. The smallest absolute Gasteiger partial charge is 0.410 e. The van der Waals surface area contributed by atoms with E-state index in [0.717, 1.165) is 12.0 Å². The molecule has 6 heteroatoms. The quantitative estimate of drug-likeness (QED) is 0.857. The van der Waals surface area contributed by atoms with Gasteiger partial charge in [0, 0.05) is 31.0 Å². The minimum Gasteiger partial charge on any atom is -0.496 e. The van der Waals surface area contributed by atoms with Crippen LogP contribution in [-0.4, -0.2) is 41.9 Å². The molecule has 0 radical (unpaired) electrons. The lowest BCUT2D eigenvalue weighted by Gasteiger charge is -2.45. The molecule has 6 nitrogen and oxygen atoms in total. The number of benzene rings is 1.